The molecule has 4 heterocycles. The number of carbonyl (C=O) groups is 1. The zero-order chi connectivity index (χ0) is 23.1. The van der Waals surface area contributed by atoms with Crippen LogP contribution in [0, 0.1) is 11.8 Å². The molecule has 2 aliphatic rings. The first-order valence-electron chi connectivity index (χ1n) is 10.5. The summed E-state index contributed by atoms with van der Waals surface area (Å²) in [6.07, 6.45) is 5.98. The second-order valence-corrected chi connectivity index (χ2v) is 7.94. The summed E-state index contributed by atoms with van der Waals surface area (Å²) in [5, 5.41) is 12.2. The van der Waals surface area contributed by atoms with Gasteiger partial charge in [0.1, 0.15) is 18.5 Å². The third kappa shape index (κ3) is 3.55. The number of hydrogen-bond acceptors (Lipinski definition) is 5. The fourth-order valence-corrected chi connectivity index (χ4v) is 4.43. The lowest BCUT2D eigenvalue weighted by Gasteiger charge is -2.43. The molecule has 0 unspecified atom stereocenters. The van der Waals surface area contributed by atoms with Crippen LogP contribution in [0.5, 0.6) is 5.75 Å². The summed E-state index contributed by atoms with van der Waals surface area (Å²) < 4.78 is 30.6. The largest absolute Gasteiger partial charge is 0.502 e. The first kappa shape index (κ1) is 20.9. The van der Waals surface area contributed by atoms with Crippen LogP contribution in [-0.2, 0) is 6.42 Å². The highest BCUT2D eigenvalue weighted by Crippen LogP contribution is 2.34. The summed E-state index contributed by atoms with van der Waals surface area (Å²) in [6, 6.07) is 9.40. The third-order valence-corrected chi connectivity index (χ3v) is 5.95. The molecule has 3 aromatic rings. The monoisotopic (exact) mass is 450 g/mol. The van der Waals surface area contributed by atoms with Gasteiger partial charge in [-0.1, -0.05) is 30.4 Å². The van der Waals surface area contributed by atoms with E-state index in [1.807, 2.05) is 6.08 Å². The van der Waals surface area contributed by atoms with E-state index in [1.54, 1.807) is 29.3 Å². The Morgan fingerprint density at radius 3 is 2.67 bits per heavy atom. The van der Waals surface area contributed by atoms with E-state index in [4.69, 9.17) is 0 Å². The Hall–Kier alpha value is -4.01. The van der Waals surface area contributed by atoms with Gasteiger partial charge in [-0.2, -0.15) is 4.39 Å². The standard InChI is InChI=1S/C24H20F2N4O3/c25-17-8-4-7-16-15(17)6-2-1-3-12-28-14-30(21(16)18-9-5-10-20(26)27-18)29-13-11-19(31)23(32)22(29)24(28)33/h1,3-5,7-11,13,21,32H,2,6,12,14H2/b3-1+/t21-/m1/s1. The van der Waals surface area contributed by atoms with Gasteiger partial charge in [-0.05, 0) is 42.2 Å². The fraction of sp³-hybridized carbons (Fsp3) is 0.208. The number of nitrogens with zero attached hydrogens (tertiary/aromatic N) is 4. The Labute approximate surface area is 187 Å². The molecule has 5 rings (SSSR count). The van der Waals surface area contributed by atoms with Gasteiger partial charge in [-0.3, -0.25) is 19.3 Å². The molecular formula is C24H20F2N4O3. The first-order valence-corrected chi connectivity index (χ1v) is 10.5. The van der Waals surface area contributed by atoms with Gasteiger partial charge in [0.25, 0.3) is 5.91 Å². The van der Waals surface area contributed by atoms with Gasteiger partial charge in [0, 0.05) is 18.8 Å². The summed E-state index contributed by atoms with van der Waals surface area (Å²) in [5.74, 6) is -2.29. The van der Waals surface area contributed by atoms with Crippen molar-refractivity contribution in [2.45, 2.75) is 18.9 Å². The van der Waals surface area contributed by atoms with Crippen molar-refractivity contribution in [2.75, 3.05) is 18.2 Å². The van der Waals surface area contributed by atoms with Gasteiger partial charge in [0.2, 0.25) is 11.4 Å². The molecule has 1 amide bonds. The maximum absolute atomic E-state index is 15.0. The number of aromatic nitrogens is 2. The highest BCUT2D eigenvalue weighted by Gasteiger charge is 2.37. The van der Waals surface area contributed by atoms with Crippen LogP contribution in [0.1, 0.15) is 39.8 Å². The van der Waals surface area contributed by atoms with Gasteiger partial charge < -0.3 is 10.0 Å². The molecule has 168 valence electrons. The van der Waals surface area contributed by atoms with Crippen LogP contribution in [-0.4, -0.2) is 38.8 Å². The number of benzene rings is 1. The van der Waals surface area contributed by atoms with Gasteiger partial charge in [0.05, 0.1) is 5.69 Å². The van der Waals surface area contributed by atoms with E-state index in [-0.39, 0.29) is 18.9 Å². The van der Waals surface area contributed by atoms with E-state index in [9.17, 15) is 23.5 Å². The average molecular weight is 450 g/mol. The Morgan fingerprint density at radius 1 is 1.03 bits per heavy atom. The number of rotatable bonds is 1. The van der Waals surface area contributed by atoms with Crippen LogP contribution in [0.15, 0.2) is 65.6 Å². The minimum absolute atomic E-state index is 0.0390. The number of pyridine rings is 2. The molecule has 1 aromatic carbocycles. The molecule has 0 saturated carbocycles. The molecule has 1 N–H and O–H groups in total. The fourth-order valence-electron chi connectivity index (χ4n) is 4.43. The molecule has 1 atom stereocenters. The maximum atomic E-state index is 15.0. The van der Waals surface area contributed by atoms with E-state index in [2.05, 4.69) is 4.98 Å². The number of aromatic hydroxyl groups is 1. The number of allylic oxidation sites excluding steroid dienone is 1. The molecular weight excluding hydrogens is 430 g/mol. The predicted molar refractivity (Wildman–Crippen MR) is 116 cm³/mol. The van der Waals surface area contributed by atoms with Crippen molar-refractivity contribution in [3.63, 3.8) is 0 Å². The SMILES string of the molecule is O=C1c2c(O)c(=O)ccn2N2CN1C/C=C/CCc1c(F)cccc1[C@@H]2c1cccc(F)n1. The molecule has 0 radical (unpaired) electrons. The Morgan fingerprint density at radius 2 is 1.85 bits per heavy atom. The van der Waals surface area contributed by atoms with Crippen molar-refractivity contribution in [2.24, 2.45) is 0 Å². The smallest absolute Gasteiger partial charge is 0.278 e. The van der Waals surface area contributed by atoms with Crippen LogP contribution in [0.3, 0.4) is 0 Å². The van der Waals surface area contributed by atoms with E-state index in [0.717, 1.165) is 6.07 Å². The van der Waals surface area contributed by atoms with E-state index >= 15 is 0 Å². The van der Waals surface area contributed by atoms with Crippen LogP contribution < -0.4 is 10.4 Å². The second kappa shape index (κ2) is 8.16. The zero-order valence-corrected chi connectivity index (χ0v) is 17.5. The van der Waals surface area contributed by atoms with Crippen molar-refractivity contribution < 1.29 is 18.7 Å². The highest BCUT2D eigenvalue weighted by atomic mass is 19.1. The van der Waals surface area contributed by atoms with Crippen molar-refractivity contribution in [3.05, 3.63) is 105 Å². The molecule has 2 bridgehead atoms. The minimum atomic E-state index is -0.805. The Bertz CT molecular complexity index is 1340. The van der Waals surface area contributed by atoms with Crippen molar-refractivity contribution >= 4 is 5.91 Å². The second-order valence-electron chi connectivity index (χ2n) is 7.94. The van der Waals surface area contributed by atoms with Crippen LogP contribution >= 0.6 is 0 Å². The van der Waals surface area contributed by atoms with Crippen molar-refractivity contribution in [3.8, 4) is 5.75 Å². The molecule has 33 heavy (non-hydrogen) atoms. The van der Waals surface area contributed by atoms with E-state index in [0.29, 0.717) is 29.7 Å². The van der Waals surface area contributed by atoms with Crippen LogP contribution in [0.2, 0.25) is 0 Å². The lowest BCUT2D eigenvalue weighted by molar-refractivity contribution is 0.0700. The predicted octanol–water partition coefficient (Wildman–Crippen LogP) is 2.87. The van der Waals surface area contributed by atoms with Crippen molar-refractivity contribution in [1.29, 1.82) is 0 Å². The molecule has 0 spiro atoms. The summed E-state index contributed by atoms with van der Waals surface area (Å²) in [6.45, 7) is 0.261. The molecule has 0 fully saturated rings. The van der Waals surface area contributed by atoms with Gasteiger partial charge in [0.15, 0.2) is 11.4 Å². The molecule has 9 heteroatoms. The van der Waals surface area contributed by atoms with Crippen LogP contribution in [0.25, 0.3) is 0 Å². The quantitative estimate of drug-likeness (QED) is 0.456. The molecule has 2 aromatic heterocycles. The van der Waals surface area contributed by atoms with Gasteiger partial charge >= 0.3 is 0 Å². The van der Waals surface area contributed by atoms with E-state index in [1.165, 1.54) is 34.0 Å². The molecule has 0 saturated heterocycles. The third-order valence-electron chi connectivity index (χ3n) is 5.95. The molecule has 2 aliphatic heterocycles. The summed E-state index contributed by atoms with van der Waals surface area (Å²) in [5.41, 5.74) is 0.411. The number of amides is 1. The normalized spacial score (nSPS) is 18.8. The molecule has 7 nitrogen and oxygen atoms in total. The lowest BCUT2D eigenvalue weighted by Crippen LogP contribution is -2.55. The average Bonchev–Trinajstić information content (AvgIpc) is 2.82. The number of hydrogen-bond donors (Lipinski definition) is 1. The number of halogens is 2. The highest BCUT2D eigenvalue weighted by molar-refractivity contribution is 5.96. The lowest BCUT2D eigenvalue weighted by atomic mass is 9.93. The summed E-state index contributed by atoms with van der Waals surface area (Å²) in [4.78, 5) is 30.8. The maximum Gasteiger partial charge on any atom is 0.278 e. The Kier molecular flexibility index (Phi) is 5.16. The van der Waals surface area contributed by atoms with Crippen LogP contribution in [0.4, 0.5) is 8.78 Å². The topological polar surface area (TPSA) is 78.7 Å². The molecule has 0 aliphatic carbocycles. The van der Waals surface area contributed by atoms with Gasteiger partial charge in [-0.15, -0.1) is 0 Å². The Balaban J connectivity index is 1.83. The van der Waals surface area contributed by atoms with Gasteiger partial charge in [-0.25, -0.2) is 9.37 Å². The minimum Gasteiger partial charge on any atom is -0.502 e. The number of fused-ring (bicyclic) bond motifs is 5. The first-order chi connectivity index (χ1) is 16.0. The summed E-state index contributed by atoms with van der Waals surface area (Å²) >= 11 is 0. The zero-order valence-electron chi connectivity index (χ0n) is 17.5. The van der Waals surface area contributed by atoms with Crippen molar-refractivity contribution in [1.82, 2.24) is 14.6 Å². The van der Waals surface area contributed by atoms with E-state index < -0.39 is 34.9 Å². The number of carbonyl (C=O) groups excluding carboxylic acids is 1. The summed E-state index contributed by atoms with van der Waals surface area (Å²) in [7, 11) is 0.